The van der Waals surface area contributed by atoms with Crippen molar-refractivity contribution in [3.8, 4) is 0 Å². The first-order valence-electron chi connectivity index (χ1n) is 10.4. The molecule has 32 heavy (non-hydrogen) atoms. The molecule has 5 heteroatoms. The topological polar surface area (TPSA) is 49.9 Å². The molecule has 0 aliphatic carbocycles. The maximum Gasteiger partial charge on any atom is 0.169 e. The molecule has 0 fully saturated rings. The second-order valence-corrected chi connectivity index (χ2v) is 8.03. The van der Waals surface area contributed by atoms with Gasteiger partial charge in [-0.2, -0.15) is 0 Å². The van der Waals surface area contributed by atoms with Crippen LogP contribution in [0.25, 0.3) is 21.9 Å². The number of para-hydroxylation sites is 1. The summed E-state index contributed by atoms with van der Waals surface area (Å²) in [6.45, 7) is 0. The molecule has 1 N–H and O–H groups in total. The van der Waals surface area contributed by atoms with E-state index in [2.05, 4.69) is 5.32 Å². The fraction of sp³-hybridized carbons (Fsp3) is 0.0370. The van der Waals surface area contributed by atoms with Gasteiger partial charge in [0.2, 0.25) is 0 Å². The Kier molecular flexibility index (Phi) is 4.51. The van der Waals surface area contributed by atoms with Crippen LogP contribution in [0.1, 0.15) is 22.9 Å². The van der Waals surface area contributed by atoms with Gasteiger partial charge in [0.25, 0.3) is 0 Å². The Hall–Kier alpha value is -3.89. The lowest BCUT2D eigenvalue weighted by Crippen LogP contribution is -2.36. The number of rotatable bonds is 3. The number of benzene rings is 4. The van der Waals surface area contributed by atoms with Gasteiger partial charge < -0.3 is 9.73 Å². The molecular formula is C27H18ClN3O. The number of nitrogens with zero attached hydrogens (tertiary/aromatic N) is 2. The minimum Gasteiger partial charge on any atom is -0.456 e. The monoisotopic (exact) mass is 435 g/mol. The van der Waals surface area contributed by atoms with Crippen LogP contribution < -0.4 is 5.32 Å². The Morgan fingerprint density at radius 2 is 1.38 bits per heavy atom. The van der Waals surface area contributed by atoms with Gasteiger partial charge in [-0.3, -0.25) is 0 Å². The van der Waals surface area contributed by atoms with Gasteiger partial charge in [-0.05, 0) is 23.8 Å². The molecule has 0 amide bonds. The highest BCUT2D eigenvalue weighted by Crippen LogP contribution is 2.36. The summed E-state index contributed by atoms with van der Waals surface area (Å²) in [6, 6.07) is 31.9. The number of hydrogen-bond acceptors (Lipinski definition) is 4. The Balaban J connectivity index is 1.59. The van der Waals surface area contributed by atoms with Gasteiger partial charge in [-0.25, -0.2) is 9.98 Å². The fourth-order valence-electron chi connectivity index (χ4n) is 4.12. The van der Waals surface area contributed by atoms with Crippen molar-refractivity contribution in [3.63, 3.8) is 0 Å². The third-order valence-electron chi connectivity index (χ3n) is 5.61. The molecule has 1 aromatic heterocycles. The molecule has 4 aromatic carbocycles. The zero-order valence-corrected chi connectivity index (χ0v) is 17.8. The van der Waals surface area contributed by atoms with Crippen molar-refractivity contribution in [1.82, 2.24) is 5.32 Å². The standard InChI is InChI=1S/C27H18ClN3O/c28-20-15-16-22-23(19-13-7-8-14-21(19)32-22)24(20)27-30-25(17-9-3-1-4-10-17)29-26(31-27)18-11-5-2-6-12-18/h1-16,25H,(H,29,30,31). The zero-order chi connectivity index (χ0) is 21.5. The lowest BCUT2D eigenvalue weighted by Gasteiger charge is -2.23. The van der Waals surface area contributed by atoms with Crippen LogP contribution in [-0.4, -0.2) is 11.7 Å². The van der Waals surface area contributed by atoms with Gasteiger partial charge in [-0.1, -0.05) is 90.5 Å². The van der Waals surface area contributed by atoms with Gasteiger partial charge in [0.1, 0.15) is 22.8 Å². The summed E-state index contributed by atoms with van der Waals surface area (Å²) in [5.41, 5.74) is 4.41. The van der Waals surface area contributed by atoms with Crippen LogP contribution in [-0.2, 0) is 0 Å². The first-order valence-corrected chi connectivity index (χ1v) is 10.8. The van der Waals surface area contributed by atoms with Crippen LogP contribution in [0.3, 0.4) is 0 Å². The van der Waals surface area contributed by atoms with Crippen LogP contribution >= 0.6 is 11.6 Å². The molecule has 0 spiro atoms. The van der Waals surface area contributed by atoms with E-state index in [0.717, 1.165) is 44.5 Å². The first kappa shape index (κ1) is 18.8. The van der Waals surface area contributed by atoms with Crippen molar-refractivity contribution < 1.29 is 4.42 Å². The van der Waals surface area contributed by atoms with Crippen LogP contribution in [0.2, 0.25) is 5.02 Å². The molecule has 0 radical (unpaired) electrons. The van der Waals surface area contributed by atoms with Crippen molar-refractivity contribution in [3.05, 3.63) is 119 Å². The van der Waals surface area contributed by atoms with Gasteiger partial charge in [0.05, 0.1) is 5.02 Å². The molecular weight excluding hydrogens is 418 g/mol. The van der Waals surface area contributed by atoms with E-state index in [4.69, 9.17) is 26.0 Å². The quantitative estimate of drug-likeness (QED) is 0.341. The molecule has 1 atom stereocenters. The maximum absolute atomic E-state index is 6.78. The molecule has 6 rings (SSSR count). The Bertz CT molecular complexity index is 1500. The van der Waals surface area contributed by atoms with Gasteiger partial charge in [0.15, 0.2) is 6.17 Å². The predicted octanol–water partition coefficient (Wildman–Crippen LogP) is 6.73. The van der Waals surface area contributed by atoms with Gasteiger partial charge in [0, 0.05) is 21.9 Å². The maximum atomic E-state index is 6.78. The molecule has 1 unspecified atom stereocenters. The number of amidine groups is 2. The number of halogens is 1. The average Bonchev–Trinajstić information content (AvgIpc) is 3.23. The van der Waals surface area contributed by atoms with E-state index in [0.29, 0.717) is 10.9 Å². The van der Waals surface area contributed by atoms with Gasteiger partial charge >= 0.3 is 0 Å². The van der Waals surface area contributed by atoms with E-state index in [1.165, 1.54) is 0 Å². The van der Waals surface area contributed by atoms with E-state index in [9.17, 15) is 0 Å². The second kappa shape index (κ2) is 7.66. The predicted molar refractivity (Wildman–Crippen MR) is 131 cm³/mol. The van der Waals surface area contributed by atoms with Crippen LogP contribution in [0, 0.1) is 0 Å². The first-order chi connectivity index (χ1) is 15.8. The summed E-state index contributed by atoms with van der Waals surface area (Å²) < 4.78 is 6.09. The lowest BCUT2D eigenvalue weighted by atomic mass is 10.0. The van der Waals surface area contributed by atoms with Crippen LogP contribution in [0.5, 0.6) is 0 Å². The van der Waals surface area contributed by atoms with Crippen LogP contribution in [0.15, 0.2) is 111 Å². The normalized spacial score (nSPS) is 16.0. The molecule has 5 aromatic rings. The minimum absolute atomic E-state index is 0.382. The van der Waals surface area contributed by atoms with E-state index < -0.39 is 0 Å². The fourth-order valence-corrected chi connectivity index (χ4v) is 4.36. The summed E-state index contributed by atoms with van der Waals surface area (Å²) in [5, 5.41) is 6.00. The van der Waals surface area contributed by atoms with Gasteiger partial charge in [-0.15, -0.1) is 0 Å². The molecule has 0 saturated heterocycles. The second-order valence-electron chi connectivity index (χ2n) is 7.62. The molecule has 154 valence electrons. The molecule has 2 heterocycles. The van der Waals surface area contributed by atoms with E-state index in [1.807, 2.05) is 97.1 Å². The largest absolute Gasteiger partial charge is 0.456 e. The Morgan fingerprint density at radius 1 is 0.688 bits per heavy atom. The lowest BCUT2D eigenvalue weighted by molar-refractivity contribution is 0.669. The third-order valence-corrected chi connectivity index (χ3v) is 5.93. The summed E-state index contributed by atoms with van der Waals surface area (Å²) in [6.07, 6.45) is -0.382. The Labute approximate surface area is 189 Å². The van der Waals surface area contributed by atoms with Crippen molar-refractivity contribution in [1.29, 1.82) is 0 Å². The van der Waals surface area contributed by atoms with Crippen molar-refractivity contribution in [2.24, 2.45) is 9.98 Å². The average molecular weight is 436 g/mol. The molecule has 1 aliphatic heterocycles. The number of furan rings is 1. The summed E-state index contributed by atoms with van der Waals surface area (Å²) >= 11 is 6.78. The SMILES string of the molecule is Clc1ccc2oc3ccccc3c2c1C1=NC(c2ccccc2)N=C(c2ccccc2)N1. The highest BCUT2D eigenvalue weighted by molar-refractivity contribution is 6.38. The van der Waals surface area contributed by atoms with Crippen molar-refractivity contribution in [2.45, 2.75) is 6.17 Å². The summed E-state index contributed by atoms with van der Waals surface area (Å²) in [5.74, 6) is 1.43. The third kappa shape index (κ3) is 3.17. The molecule has 4 nitrogen and oxygen atoms in total. The van der Waals surface area contributed by atoms with E-state index >= 15 is 0 Å². The number of hydrogen-bond donors (Lipinski definition) is 1. The van der Waals surface area contributed by atoms with Crippen LogP contribution in [0.4, 0.5) is 0 Å². The highest BCUT2D eigenvalue weighted by atomic mass is 35.5. The zero-order valence-electron chi connectivity index (χ0n) is 17.0. The van der Waals surface area contributed by atoms with Crippen molar-refractivity contribution >= 4 is 45.2 Å². The molecule has 0 bridgehead atoms. The summed E-state index contributed by atoms with van der Waals surface area (Å²) in [7, 11) is 0. The summed E-state index contributed by atoms with van der Waals surface area (Å²) in [4.78, 5) is 9.90. The minimum atomic E-state index is -0.382. The van der Waals surface area contributed by atoms with E-state index in [-0.39, 0.29) is 6.17 Å². The Morgan fingerprint density at radius 3 is 2.19 bits per heavy atom. The number of fused-ring (bicyclic) bond motifs is 3. The number of aliphatic imine (C=N–C) groups is 2. The molecule has 1 aliphatic rings. The number of nitrogens with one attached hydrogen (secondary N) is 1. The molecule has 0 saturated carbocycles. The van der Waals surface area contributed by atoms with E-state index in [1.54, 1.807) is 0 Å². The smallest absolute Gasteiger partial charge is 0.169 e. The van der Waals surface area contributed by atoms with Crippen molar-refractivity contribution in [2.75, 3.05) is 0 Å². The highest BCUT2D eigenvalue weighted by Gasteiger charge is 2.25.